The molecule has 0 aromatic heterocycles. The summed E-state index contributed by atoms with van der Waals surface area (Å²) in [6, 6.07) is 11.9. The Hall–Kier alpha value is -2.43. The van der Waals surface area contributed by atoms with Gasteiger partial charge >= 0.3 is 5.97 Å². The Kier molecular flexibility index (Phi) is 4.21. The van der Waals surface area contributed by atoms with Gasteiger partial charge in [0.05, 0.1) is 7.11 Å². The maximum atomic E-state index is 14.1. The minimum atomic E-state index is -1.46. The molecule has 0 radical (unpaired) electrons. The monoisotopic (exact) mass is 291 g/mol. The molecule has 0 bridgehead atoms. The summed E-state index contributed by atoms with van der Waals surface area (Å²) in [6.07, 6.45) is 0. The number of benzene rings is 2. The molecule has 2 aromatic rings. The number of methoxy groups -OCH3 is 1. The van der Waals surface area contributed by atoms with Gasteiger partial charge in [-0.25, -0.2) is 13.6 Å². The van der Waals surface area contributed by atoms with Crippen LogP contribution in [0.4, 0.5) is 14.5 Å². The Labute approximate surface area is 121 Å². The summed E-state index contributed by atoms with van der Waals surface area (Å²) in [5.74, 6) is -2.19. The number of anilines is 1. The van der Waals surface area contributed by atoms with Crippen LogP contribution >= 0.6 is 0 Å². The summed E-state index contributed by atoms with van der Waals surface area (Å²) in [4.78, 5) is 12.1. The van der Waals surface area contributed by atoms with E-state index in [0.29, 0.717) is 5.69 Å². The second kappa shape index (κ2) is 5.91. The van der Waals surface area contributed by atoms with Crippen molar-refractivity contribution in [3.05, 3.63) is 65.7 Å². The van der Waals surface area contributed by atoms with Crippen LogP contribution in [0.15, 0.2) is 48.5 Å². The molecule has 2 rings (SSSR count). The average Bonchev–Trinajstić information content (AvgIpc) is 2.47. The summed E-state index contributed by atoms with van der Waals surface area (Å²) in [7, 11) is 1.22. The summed E-state index contributed by atoms with van der Waals surface area (Å²) in [6.45, 7) is 1.49. The first kappa shape index (κ1) is 15.0. The highest BCUT2D eigenvalue weighted by atomic mass is 19.1. The van der Waals surface area contributed by atoms with Gasteiger partial charge in [0.25, 0.3) is 0 Å². The van der Waals surface area contributed by atoms with E-state index in [4.69, 9.17) is 4.74 Å². The molecule has 3 nitrogen and oxygen atoms in total. The lowest BCUT2D eigenvalue weighted by Crippen LogP contribution is -2.42. The van der Waals surface area contributed by atoms with E-state index in [0.717, 1.165) is 12.1 Å². The van der Waals surface area contributed by atoms with Crippen LogP contribution < -0.4 is 5.32 Å². The molecule has 5 heteroatoms. The molecule has 0 spiro atoms. The molecule has 0 aliphatic carbocycles. The highest BCUT2D eigenvalue weighted by Crippen LogP contribution is 2.30. The van der Waals surface area contributed by atoms with Crippen molar-refractivity contribution < 1.29 is 18.3 Å². The van der Waals surface area contributed by atoms with Gasteiger partial charge in [0, 0.05) is 17.3 Å². The van der Waals surface area contributed by atoms with Crippen LogP contribution in [0.25, 0.3) is 0 Å². The molecule has 110 valence electrons. The highest BCUT2D eigenvalue weighted by molar-refractivity contribution is 5.85. The number of hydrogen-bond acceptors (Lipinski definition) is 3. The number of ether oxygens (including phenoxy) is 1. The first-order chi connectivity index (χ1) is 9.97. The Balaban J connectivity index is 2.49. The summed E-state index contributed by atoms with van der Waals surface area (Å²) in [5.41, 5.74) is -0.831. The molecule has 0 saturated carbocycles. The van der Waals surface area contributed by atoms with E-state index in [1.807, 2.05) is 6.07 Å². The second-order valence-electron chi connectivity index (χ2n) is 4.73. The molecule has 2 aromatic carbocycles. The summed E-state index contributed by atoms with van der Waals surface area (Å²) in [5, 5.41) is 2.95. The van der Waals surface area contributed by atoms with E-state index in [2.05, 4.69) is 5.32 Å². The molecule has 0 aliphatic rings. The Morgan fingerprint density at radius 1 is 1.14 bits per heavy atom. The average molecular weight is 291 g/mol. The molecule has 1 unspecified atom stereocenters. The molecule has 0 fully saturated rings. The van der Waals surface area contributed by atoms with E-state index in [9.17, 15) is 13.6 Å². The van der Waals surface area contributed by atoms with Crippen molar-refractivity contribution in [3.8, 4) is 0 Å². The van der Waals surface area contributed by atoms with Crippen LogP contribution in [0.2, 0.25) is 0 Å². The number of para-hydroxylation sites is 1. The fraction of sp³-hybridized carbons (Fsp3) is 0.188. The standard InChI is InChI=1S/C16H15F2NO2/c1-16(15(20)21-2,19-12-6-4-3-5-7-12)13-9-8-11(17)10-14(13)18/h3-10,19H,1-2H3. The van der Waals surface area contributed by atoms with E-state index in [1.54, 1.807) is 24.3 Å². The topological polar surface area (TPSA) is 38.3 Å². The lowest BCUT2D eigenvalue weighted by atomic mass is 9.91. The molecule has 0 saturated heterocycles. The second-order valence-corrected chi connectivity index (χ2v) is 4.73. The number of carbonyl (C=O) groups is 1. The van der Waals surface area contributed by atoms with Crippen LogP contribution in [0.1, 0.15) is 12.5 Å². The van der Waals surface area contributed by atoms with Crippen molar-refractivity contribution in [1.29, 1.82) is 0 Å². The molecule has 0 amide bonds. The van der Waals surface area contributed by atoms with E-state index in [1.165, 1.54) is 20.1 Å². The maximum absolute atomic E-state index is 14.1. The SMILES string of the molecule is COC(=O)C(C)(Nc1ccccc1)c1ccc(F)cc1F. The molecular weight excluding hydrogens is 276 g/mol. The lowest BCUT2D eigenvalue weighted by molar-refractivity contribution is -0.145. The van der Waals surface area contributed by atoms with Gasteiger partial charge in [-0.1, -0.05) is 24.3 Å². The van der Waals surface area contributed by atoms with Gasteiger partial charge in [-0.05, 0) is 25.1 Å². The molecule has 1 N–H and O–H groups in total. The number of carbonyl (C=O) groups excluding carboxylic acids is 1. The molecular formula is C16H15F2NO2. The van der Waals surface area contributed by atoms with Crippen LogP contribution in [-0.2, 0) is 15.1 Å². The number of halogens is 2. The van der Waals surface area contributed by atoms with Gasteiger partial charge in [0.15, 0.2) is 5.54 Å². The molecule has 0 heterocycles. The van der Waals surface area contributed by atoms with Crippen LogP contribution in [-0.4, -0.2) is 13.1 Å². The van der Waals surface area contributed by atoms with Crippen molar-refractivity contribution in [3.63, 3.8) is 0 Å². The quantitative estimate of drug-likeness (QED) is 0.877. The van der Waals surface area contributed by atoms with E-state index < -0.39 is 23.1 Å². The largest absolute Gasteiger partial charge is 0.467 e. The number of hydrogen-bond donors (Lipinski definition) is 1. The van der Waals surface area contributed by atoms with Crippen LogP contribution in [0.5, 0.6) is 0 Å². The fourth-order valence-electron chi connectivity index (χ4n) is 2.14. The first-order valence-electron chi connectivity index (χ1n) is 6.34. The van der Waals surface area contributed by atoms with Crippen molar-refractivity contribution in [1.82, 2.24) is 0 Å². The minimum absolute atomic E-state index is 0.0135. The van der Waals surface area contributed by atoms with Gasteiger partial charge in [-0.2, -0.15) is 0 Å². The van der Waals surface area contributed by atoms with Crippen molar-refractivity contribution in [2.75, 3.05) is 12.4 Å². The Morgan fingerprint density at radius 2 is 1.81 bits per heavy atom. The molecule has 1 atom stereocenters. The maximum Gasteiger partial charge on any atom is 0.336 e. The number of rotatable bonds is 4. The third-order valence-corrected chi connectivity index (χ3v) is 3.23. The third-order valence-electron chi connectivity index (χ3n) is 3.23. The fourth-order valence-corrected chi connectivity index (χ4v) is 2.14. The predicted molar refractivity (Wildman–Crippen MR) is 75.8 cm³/mol. The van der Waals surface area contributed by atoms with Gasteiger partial charge in [0.2, 0.25) is 0 Å². The third kappa shape index (κ3) is 3.02. The predicted octanol–water partition coefficient (Wildman–Crippen LogP) is 3.47. The summed E-state index contributed by atoms with van der Waals surface area (Å²) >= 11 is 0. The first-order valence-corrected chi connectivity index (χ1v) is 6.34. The normalized spacial score (nSPS) is 13.3. The van der Waals surface area contributed by atoms with Crippen molar-refractivity contribution in [2.24, 2.45) is 0 Å². The molecule has 21 heavy (non-hydrogen) atoms. The van der Waals surface area contributed by atoms with Crippen molar-refractivity contribution >= 4 is 11.7 Å². The van der Waals surface area contributed by atoms with Crippen LogP contribution in [0.3, 0.4) is 0 Å². The number of nitrogens with one attached hydrogen (secondary N) is 1. The van der Waals surface area contributed by atoms with Gasteiger partial charge in [-0.3, -0.25) is 0 Å². The van der Waals surface area contributed by atoms with Gasteiger partial charge in [-0.15, -0.1) is 0 Å². The van der Waals surface area contributed by atoms with Crippen molar-refractivity contribution in [2.45, 2.75) is 12.5 Å². The van der Waals surface area contributed by atoms with E-state index in [-0.39, 0.29) is 5.56 Å². The zero-order chi connectivity index (χ0) is 15.5. The highest BCUT2D eigenvalue weighted by Gasteiger charge is 2.38. The lowest BCUT2D eigenvalue weighted by Gasteiger charge is -2.29. The van der Waals surface area contributed by atoms with E-state index >= 15 is 0 Å². The zero-order valence-corrected chi connectivity index (χ0v) is 11.7. The number of esters is 1. The smallest absolute Gasteiger partial charge is 0.336 e. The summed E-state index contributed by atoms with van der Waals surface area (Å²) < 4.78 is 31.9. The Bertz CT molecular complexity index is 646. The Morgan fingerprint density at radius 3 is 2.38 bits per heavy atom. The van der Waals surface area contributed by atoms with Gasteiger partial charge < -0.3 is 10.1 Å². The van der Waals surface area contributed by atoms with Crippen LogP contribution in [0, 0.1) is 11.6 Å². The molecule has 0 aliphatic heterocycles. The van der Waals surface area contributed by atoms with Gasteiger partial charge in [0.1, 0.15) is 11.6 Å². The minimum Gasteiger partial charge on any atom is -0.467 e. The zero-order valence-electron chi connectivity index (χ0n) is 11.7.